The third kappa shape index (κ3) is 2.51. The average Bonchev–Trinajstić information content (AvgIpc) is 2.53. The maximum atomic E-state index is 5.10. The second kappa shape index (κ2) is 4.73. The summed E-state index contributed by atoms with van der Waals surface area (Å²) >= 11 is 1.38. The lowest BCUT2D eigenvalue weighted by molar-refractivity contribution is 0.991. The molecular formula is C8H11N3S. The van der Waals surface area contributed by atoms with Gasteiger partial charge in [0, 0.05) is 30.9 Å². The molecule has 0 radical (unpaired) electrons. The Balaban J connectivity index is 2.37. The molecule has 64 valence electrons. The minimum atomic E-state index is 0.723. The fraction of sp³-hybridized carbons (Fsp3) is 0.500. The SMILES string of the molecule is C#CCCNc1nc(CC)ns1. The first-order valence-electron chi connectivity index (χ1n) is 3.86. The number of anilines is 1. The van der Waals surface area contributed by atoms with E-state index in [0.29, 0.717) is 0 Å². The van der Waals surface area contributed by atoms with Crippen LogP contribution in [0.25, 0.3) is 0 Å². The molecule has 0 aliphatic carbocycles. The van der Waals surface area contributed by atoms with Crippen molar-refractivity contribution in [1.29, 1.82) is 0 Å². The number of hydrogen-bond acceptors (Lipinski definition) is 4. The molecule has 0 saturated heterocycles. The van der Waals surface area contributed by atoms with Gasteiger partial charge in [-0.2, -0.15) is 4.37 Å². The lowest BCUT2D eigenvalue weighted by Crippen LogP contribution is -1.99. The van der Waals surface area contributed by atoms with E-state index in [1.807, 2.05) is 6.92 Å². The van der Waals surface area contributed by atoms with Crippen molar-refractivity contribution < 1.29 is 0 Å². The molecule has 0 atom stereocenters. The molecule has 1 aromatic rings. The quantitative estimate of drug-likeness (QED) is 0.565. The van der Waals surface area contributed by atoms with Crippen LogP contribution in [-0.4, -0.2) is 15.9 Å². The maximum absolute atomic E-state index is 5.10. The van der Waals surface area contributed by atoms with E-state index in [2.05, 4.69) is 20.6 Å². The molecule has 0 saturated carbocycles. The summed E-state index contributed by atoms with van der Waals surface area (Å²) in [6, 6.07) is 0. The van der Waals surface area contributed by atoms with Crippen molar-refractivity contribution in [2.24, 2.45) is 0 Å². The van der Waals surface area contributed by atoms with Gasteiger partial charge in [0.25, 0.3) is 0 Å². The van der Waals surface area contributed by atoms with Crippen molar-refractivity contribution in [3.8, 4) is 12.3 Å². The molecule has 0 bridgehead atoms. The Morgan fingerprint density at radius 2 is 2.50 bits per heavy atom. The van der Waals surface area contributed by atoms with Crippen LogP contribution >= 0.6 is 11.5 Å². The van der Waals surface area contributed by atoms with E-state index in [1.165, 1.54) is 11.5 Å². The van der Waals surface area contributed by atoms with Crippen LogP contribution < -0.4 is 5.32 Å². The van der Waals surface area contributed by atoms with Crippen LogP contribution in [0.1, 0.15) is 19.2 Å². The zero-order valence-corrected chi connectivity index (χ0v) is 7.82. The van der Waals surface area contributed by atoms with Crippen LogP contribution in [0, 0.1) is 12.3 Å². The van der Waals surface area contributed by atoms with Gasteiger partial charge in [-0.25, -0.2) is 4.98 Å². The van der Waals surface area contributed by atoms with Gasteiger partial charge in [-0.3, -0.25) is 0 Å². The van der Waals surface area contributed by atoms with Gasteiger partial charge in [0.1, 0.15) is 5.82 Å². The summed E-state index contributed by atoms with van der Waals surface area (Å²) in [7, 11) is 0. The summed E-state index contributed by atoms with van der Waals surface area (Å²) in [5.41, 5.74) is 0. The van der Waals surface area contributed by atoms with Gasteiger partial charge in [0.05, 0.1) is 0 Å². The predicted molar refractivity (Wildman–Crippen MR) is 51.2 cm³/mol. The Morgan fingerprint density at radius 3 is 3.08 bits per heavy atom. The molecule has 0 aliphatic heterocycles. The first-order valence-corrected chi connectivity index (χ1v) is 4.64. The van der Waals surface area contributed by atoms with Gasteiger partial charge >= 0.3 is 0 Å². The van der Waals surface area contributed by atoms with Crippen LogP contribution in [0.15, 0.2) is 0 Å². The van der Waals surface area contributed by atoms with Crippen LogP contribution in [-0.2, 0) is 6.42 Å². The Kier molecular flexibility index (Phi) is 3.55. The van der Waals surface area contributed by atoms with Gasteiger partial charge in [-0.1, -0.05) is 6.92 Å². The summed E-state index contributed by atoms with van der Waals surface area (Å²) < 4.78 is 4.13. The first kappa shape index (κ1) is 9.01. The normalized spacial score (nSPS) is 9.33. The Hall–Kier alpha value is -1.08. The molecule has 0 fully saturated rings. The van der Waals surface area contributed by atoms with E-state index in [-0.39, 0.29) is 0 Å². The molecule has 0 amide bonds. The van der Waals surface area contributed by atoms with E-state index in [9.17, 15) is 0 Å². The smallest absolute Gasteiger partial charge is 0.202 e. The van der Waals surface area contributed by atoms with Gasteiger partial charge in [0.15, 0.2) is 0 Å². The van der Waals surface area contributed by atoms with Crippen LogP contribution in [0.4, 0.5) is 5.13 Å². The summed E-state index contributed by atoms with van der Waals surface area (Å²) in [6.45, 7) is 2.81. The van der Waals surface area contributed by atoms with Crippen LogP contribution in [0.5, 0.6) is 0 Å². The summed E-state index contributed by atoms with van der Waals surface area (Å²) in [4.78, 5) is 4.23. The molecule has 1 heterocycles. The lowest BCUT2D eigenvalue weighted by atomic mass is 10.4. The van der Waals surface area contributed by atoms with Crippen molar-refractivity contribution in [2.75, 3.05) is 11.9 Å². The Bertz CT molecular complexity index is 274. The number of terminal acetylenes is 1. The van der Waals surface area contributed by atoms with Crippen molar-refractivity contribution in [3.05, 3.63) is 5.82 Å². The predicted octanol–water partition coefficient (Wildman–Crippen LogP) is 1.54. The van der Waals surface area contributed by atoms with Gasteiger partial charge in [-0.05, 0) is 0 Å². The van der Waals surface area contributed by atoms with Gasteiger partial charge in [-0.15, -0.1) is 12.3 Å². The minimum Gasteiger partial charge on any atom is -0.359 e. The van der Waals surface area contributed by atoms with Crippen molar-refractivity contribution in [1.82, 2.24) is 9.36 Å². The zero-order valence-electron chi connectivity index (χ0n) is 7.00. The molecular weight excluding hydrogens is 170 g/mol. The number of nitrogens with one attached hydrogen (secondary N) is 1. The van der Waals surface area contributed by atoms with Crippen molar-refractivity contribution in [2.45, 2.75) is 19.8 Å². The highest BCUT2D eigenvalue weighted by atomic mass is 32.1. The molecule has 0 spiro atoms. The van der Waals surface area contributed by atoms with E-state index in [1.54, 1.807) is 0 Å². The van der Waals surface area contributed by atoms with E-state index in [4.69, 9.17) is 6.42 Å². The van der Waals surface area contributed by atoms with Gasteiger partial charge in [0.2, 0.25) is 5.13 Å². The molecule has 12 heavy (non-hydrogen) atoms. The van der Waals surface area contributed by atoms with Crippen LogP contribution in [0.3, 0.4) is 0 Å². The molecule has 4 heteroatoms. The third-order valence-electron chi connectivity index (χ3n) is 1.33. The molecule has 1 rings (SSSR count). The van der Waals surface area contributed by atoms with E-state index in [0.717, 1.165) is 30.3 Å². The second-order valence-electron chi connectivity index (χ2n) is 2.25. The number of aromatic nitrogens is 2. The summed E-state index contributed by atoms with van der Waals surface area (Å²) in [5, 5.41) is 3.97. The second-order valence-corrected chi connectivity index (χ2v) is 3.00. The number of nitrogens with zero attached hydrogens (tertiary/aromatic N) is 2. The standard InChI is InChI=1S/C8H11N3S/c1-3-5-6-9-8-10-7(4-2)11-12-8/h1H,4-6H2,2H3,(H,9,10,11). The molecule has 3 nitrogen and oxygen atoms in total. The van der Waals surface area contributed by atoms with Crippen molar-refractivity contribution >= 4 is 16.7 Å². The molecule has 0 unspecified atom stereocenters. The molecule has 1 N–H and O–H groups in total. The number of rotatable bonds is 4. The van der Waals surface area contributed by atoms with Gasteiger partial charge < -0.3 is 5.32 Å². The highest BCUT2D eigenvalue weighted by Gasteiger charge is 1.99. The van der Waals surface area contributed by atoms with Crippen molar-refractivity contribution in [3.63, 3.8) is 0 Å². The first-order chi connectivity index (χ1) is 5.86. The number of hydrogen-bond donors (Lipinski definition) is 1. The van der Waals surface area contributed by atoms with E-state index >= 15 is 0 Å². The highest BCUT2D eigenvalue weighted by molar-refractivity contribution is 7.09. The lowest BCUT2D eigenvalue weighted by Gasteiger charge is -1.95. The van der Waals surface area contributed by atoms with Crippen LogP contribution in [0.2, 0.25) is 0 Å². The molecule has 0 aromatic carbocycles. The average molecular weight is 181 g/mol. The Morgan fingerprint density at radius 1 is 1.67 bits per heavy atom. The topological polar surface area (TPSA) is 37.8 Å². The maximum Gasteiger partial charge on any atom is 0.202 e. The largest absolute Gasteiger partial charge is 0.359 e. The fourth-order valence-corrected chi connectivity index (χ4v) is 1.39. The summed E-state index contributed by atoms with van der Waals surface area (Å²) in [5.74, 6) is 3.44. The summed E-state index contributed by atoms with van der Waals surface area (Å²) in [6.07, 6.45) is 6.71. The minimum absolute atomic E-state index is 0.723. The molecule has 1 aromatic heterocycles. The Labute approximate surface area is 76.4 Å². The monoisotopic (exact) mass is 181 g/mol. The number of aryl methyl sites for hydroxylation is 1. The molecule has 0 aliphatic rings. The highest BCUT2D eigenvalue weighted by Crippen LogP contribution is 2.10. The third-order valence-corrected chi connectivity index (χ3v) is 2.04. The fourth-order valence-electron chi connectivity index (χ4n) is 0.711. The zero-order chi connectivity index (χ0) is 8.81. The van der Waals surface area contributed by atoms with E-state index < -0.39 is 0 Å².